The van der Waals surface area contributed by atoms with Gasteiger partial charge in [0.1, 0.15) is 18.0 Å². The molecule has 192 valence electrons. The van der Waals surface area contributed by atoms with Crippen molar-refractivity contribution in [2.24, 2.45) is 0 Å². The van der Waals surface area contributed by atoms with Crippen molar-refractivity contribution in [3.05, 3.63) is 83.9 Å². The zero-order valence-electron chi connectivity index (χ0n) is 21.2. The maximum absolute atomic E-state index is 13.5. The van der Waals surface area contributed by atoms with E-state index in [1.165, 1.54) is 19.2 Å². The second kappa shape index (κ2) is 12.4. The van der Waals surface area contributed by atoms with Gasteiger partial charge in [0.2, 0.25) is 5.91 Å². The van der Waals surface area contributed by atoms with Crippen molar-refractivity contribution in [3.8, 4) is 11.5 Å². The smallest absolute Gasteiger partial charge is 0.264 e. The number of amides is 1. The van der Waals surface area contributed by atoms with Gasteiger partial charge in [-0.15, -0.1) is 0 Å². The number of carbonyl (C=O) groups excluding carboxylic acids is 1. The molecule has 0 spiro atoms. The fraction of sp³-hybridized carbons (Fsp3) is 0.321. The second-order valence-corrected chi connectivity index (χ2v) is 10.7. The second-order valence-electron chi connectivity index (χ2n) is 8.79. The van der Waals surface area contributed by atoms with Crippen molar-refractivity contribution >= 4 is 21.6 Å². The summed E-state index contributed by atoms with van der Waals surface area (Å²) in [7, 11) is -2.46. The quantitative estimate of drug-likeness (QED) is 0.356. The fourth-order valence-electron chi connectivity index (χ4n) is 3.65. The van der Waals surface area contributed by atoms with Crippen LogP contribution in [0.4, 0.5) is 5.69 Å². The van der Waals surface area contributed by atoms with Gasteiger partial charge in [-0.3, -0.25) is 9.10 Å². The molecule has 36 heavy (non-hydrogen) atoms. The summed E-state index contributed by atoms with van der Waals surface area (Å²) in [5.74, 6) is 1.00. The first kappa shape index (κ1) is 27.1. The van der Waals surface area contributed by atoms with Crippen molar-refractivity contribution in [1.29, 1.82) is 0 Å². The molecule has 0 aliphatic carbocycles. The van der Waals surface area contributed by atoms with Crippen molar-refractivity contribution in [1.82, 2.24) is 5.32 Å². The molecule has 3 aromatic carbocycles. The summed E-state index contributed by atoms with van der Waals surface area (Å²) in [6, 6.07) is 21.1. The molecule has 0 aliphatic rings. The molecule has 0 atom stereocenters. The average Bonchev–Trinajstić information content (AvgIpc) is 2.85. The highest BCUT2D eigenvalue weighted by atomic mass is 32.2. The maximum atomic E-state index is 13.5. The molecular weight excluding hydrogens is 476 g/mol. The van der Waals surface area contributed by atoms with Crippen molar-refractivity contribution in [2.45, 2.75) is 44.6 Å². The van der Waals surface area contributed by atoms with Gasteiger partial charge in [0.15, 0.2) is 0 Å². The van der Waals surface area contributed by atoms with Gasteiger partial charge in [0.05, 0.1) is 23.8 Å². The number of ether oxygens (including phenoxy) is 2. The Morgan fingerprint density at radius 3 is 2.31 bits per heavy atom. The maximum Gasteiger partial charge on any atom is 0.264 e. The summed E-state index contributed by atoms with van der Waals surface area (Å²) in [5.41, 5.74) is 2.53. The highest BCUT2D eigenvalue weighted by Gasteiger charge is 2.27. The molecule has 0 radical (unpaired) electrons. The number of sulfonamides is 1. The Hall–Kier alpha value is -3.52. The minimum Gasteiger partial charge on any atom is -0.497 e. The minimum atomic E-state index is -3.97. The first-order valence-corrected chi connectivity index (χ1v) is 13.4. The van der Waals surface area contributed by atoms with Gasteiger partial charge in [-0.2, -0.15) is 0 Å². The zero-order chi connectivity index (χ0) is 26.1. The number of nitrogens with zero attached hydrogens (tertiary/aromatic N) is 1. The molecule has 0 aromatic heterocycles. The highest BCUT2D eigenvalue weighted by Crippen LogP contribution is 2.25. The molecular formula is C28H34N2O5S. The van der Waals surface area contributed by atoms with E-state index in [1.807, 2.05) is 57.2 Å². The van der Waals surface area contributed by atoms with Crippen LogP contribution in [0.5, 0.6) is 11.5 Å². The van der Waals surface area contributed by atoms with Crippen LogP contribution in [0, 0.1) is 6.92 Å². The van der Waals surface area contributed by atoms with Gasteiger partial charge in [0.25, 0.3) is 10.0 Å². The monoisotopic (exact) mass is 510 g/mol. The van der Waals surface area contributed by atoms with E-state index in [-0.39, 0.29) is 23.5 Å². The standard InChI is InChI=1S/C28H34N2O5S/c1-21(2)35-26-9-5-7-23(19-26)8-6-18-29-28(31)20-30(24-12-10-22(3)11-13-24)36(32,33)27-16-14-25(34-4)15-17-27/h5,7,9-17,19,21H,6,8,18,20H2,1-4H3,(H,29,31). The van der Waals surface area contributed by atoms with Gasteiger partial charge in [0, 0.05) is 6.54 Å². The van der Waals surface area contributed by atoms with Gasteiger partial charge < -0.3 is 14.8 Å². The zero-order valence-corrected chi connectivity index (χ0v) is 22.0. The molecule has 0 saturated carbocycles. The third-order valence-corrected chi connectivity index (χ3v) is 7.28. The number of nitrogens with one attached hydrogen (secondary N) is 1. The van der Waals surface area contributed by atoms with Crippen molar-refractivity contribution < 1.29 is 22.7 Å². The van der Waals surface area contributed by atoms with E-state index in [0.29, 0.717) is 24.4 Å². The lowest BCUT2D eigenvalue weighted by Crippen LogP contribution is -2.41. The predicted octanol–water partition coefficient (Wildman–Crippen LogP) is 4.74. The Labute approximate surface area is 214 Å². The van der Waals surface area contributed by atoms with E-state index in [1.54, 1.807) is 24.3 Å². The topological polar surface area (TPSA) is 84.9 Å². The normalized spacial score (nSPS) is 11.2. The lowest BCUT2D eigenvalue weighted by Gasteiger charge is -2.24. The summed E-state index contributed by atoms with van der Waals surface area (Å²) in [6.07, 6.45) is 1.58. The molecule has 1 N–H and O–H groups in total. The number of aryl methyl sites for hydroxylation is 2. The number of benzene rings is 3. The molecule has 3 rings (SSSR count). The van der Waals surface area contributed by atoms with E-state index in [9.17, 15) is 13.2 Å². The predicted molar refractivity (Wildman–Crippen MR) is 142 cm³/mol. The molecule has 0 fully saturated rings. The number of hydrogen-bond acceptors (Lipinski definition) is 5. The Bertz CT molecular complexity index is 1240. The number of methoxy groups -OCH3 is 1. The van der Waals surface area contributed by atoms with E-state index < -0.39 is 10.0 Å². The molecule has 8 heteroatoms. The SMILES string of the molecule is COc1ccc(S(=O)(=O)N(CC(=O)NCCCc2cccc(OC(C)C)c2)c2ccc(C)cc2)cc1. The fourth-order valence-corrected chi connectivity index (χ4v) is 5.08. The van der Waals surface area contributed by atoms with E-state index in [4.69, 9.17) is 9.47 Å². The summed E-state index contributed by atoms with van der Waals surface area (Å²) < 4.78 is 38.9. The minimum absolute atomic E-state index is 0.0835. The van der Waals surface area contributed by atoms with E-state index in [2.05, 4.69) is 5.32 Å². The van der Waals surface area contributed by atoms with Crippen molar-refractivity contribution in [3.63, 3.8) is 0 Å². The molecule has 0 aliphatic heterocycles. The number of rotatable bonds is 12. The average molecular weight is 511 g/mol. The van der Waals surface area contributed by atoms with Crippen LogP contribution in [0.2, 0.25) is 0 Å². The van der Waals surface area contributed by atoms with Gasteiger partial charge in [-0.1, -0.05) is 29.8 Å². The molecule has 0 unspecified atom stereocenters. The number of hydrogen-bond donors (Lipinski definition) is 1. The number of anilines is 1. The van der Waals surface area contributed by atoms with Crippen LogP contribution in [0.25, 0.3) is 0 Å². The molecule has 7 nitrogen and oxygen atoms in total. The van der Waals surface area contributed by atoms with Gasteiger partial charge in [-0.25, -0.2) is 8.42 Å². The molecule has 0 saturated heterocycles. The Morgan fingerprint density at radius 1 is 0.972 bits per heavy atom. The molecule has 0 bridgehead atoms. The lowest BCUT2D eigenvalue weighted by molar-refractivity contribution is -0.119. The Morgan fingerprint density at radius 2 is 1.67 bits per heavy atom. The van der Waals surface area contributed by atoms with Crippen LogP contribution in [-0.2, 0) is 21.2 Å². The summed E-state index contributed by atoms with van der Waals surface area (Å²) in [4.78, 5) is 12.9. The highest BCUT2D eigenvalue weighted by molar-refractivity contribution is 7.92. The summed E-state index contributed by atoms with van der Waals surface area (Å²) >= 11 is 0. The first-order valence-electron chi connectivity index (χ1n) is 11.9. The van der Waals surface area contributed by atoms with E-state index in [0.717, 1.165) is 27.6 Å². The third kappa shape index (κ3) is 7.49. The van der Waals surface area contributed by atoms with Crippen LogP contribution in [-0.4, -0.2) is 40.6 Å². The Balaban J connectivity index is 1.66. The van der Waals surface area contributed by atoms with Gasteiger partial charge >= 0.3 is 0 Å². The largest absolute Gasteiger partial charge is 0.497 e. The van der Waals surface area contributed by atoms with Crippen LogP contribution in [0.15, 0.2) is 77.7 Å². The van der Waals surface area contributed by atoms with E-state index >= 15 is 0 Å². The molecule has 0 heterocycles. The Kier molecular flexibility index (Phi) is 9.36. The van der Waals surface area contributed by atoms with Crippen LogP contribution >= 0.6 is 0 Å². The summed E-state index contributed by atoms with van der Waals surface area (Å²) in [6.45, 7) is 5.99. The van der Waals surface area contributed by atoms with Crippen molar-refractivity contribution in [2.75, 3.05) is 24.5 Å². The van der Waals surface area contributed by atoms with Gasteiger partial charge in [-0.05, 0) is 87.7 Å². The van der Waals surface area contributed by atoms with Crippen LogP contribution in [0.3, 0.4) is 0 Å². The molecule has 1 amide bonds. The van der Waals surface area contributed by atoms with Crippen LogP contribution < -0.4 is 19.1 Å². The molecule has 3 aromatic rings. The lowest BCUT2D eigenvalue weighted by atomic mass is 10.1. The van der Waals surface area contributed by atoms with Crippen LogP contribution in [0.1, 0.15) is 31.4 Å². The summed E-state index contributed by atoms with van der Waals surface area (Å²) in [5, 5.41) is 2.86. The first-order chi connectivity index (χ1) is 17.2. The third-order valence-electron chi connectivity index (χ3n) is 5.49. The number of carbonyl (C=O) groups is 1.